The highest BCUT2D eigenvalue weighted by atomic mass is 14.6. The predicted octanol–water partition coefficient (Wildman–Crippen LogP) is 11.8. The Morgan fingerprint density at radius 2 is 0.727 bits per heavy atom. The molecule has 9 aromatic rings. The molecule has 0 N–H and O–H groups in total. The van der Waals surface area contributed by atoms with Crippen molar-refractivity contribution in [3.63, 3.8) is 0 Å². The standard InChI is InChI=1S/C43H27N/c1-2-10-30-25-32(18-17-28(30)9-1)42-35-12-4-3-11-31(35)26-34-27-33(19-20-36(34)42)43-39-15-7-5-13-37(39)41(29-21-23-44-24-22-29)38-14-6-8-16-40(38)43/h1-27H. The van der Waals surface area contributed by atoms with Gasteiger partial charge in [0.15, 0.2) is 0 Å². The molecule has 1 aromatic heterocycles. The van der Waals surface area contributed by atoms with E-state index in [2.05, 4.69) is 157 Å². The molecule has 44 heavy (non-hydrogen) atoms. The van der Waals surface area contributed by atoms with Crippen LogP contribution in [-0.4, -0.2) is 4.98 Å². The smallest absolute Gasteiger partial charge is 0.0273 e. The van der Waals surface area contributed by atoms with Crippen LogP contribution < -0.4 is 0 Å². The first kappa shape index (κ1) is 24.8. The molecular formula is C43H27N. The summed E-state index contributed by atoms with van der Waals surface area (Å²) in [7, 11) is 0. The summed E-state index contributed by atoms with van der Waals surface area (Å²) in [5, 5.41) is 12.6. The Labute approximate surface area is 255 Å². The first-order valence-electron chi connectivity index (χ1n) is 15.1. The van der Waals surface area contributed by atoms with Gasteiger partial charge >= 0.3 is 0 Å². The van der Waals surface area contributed by atoms with E-state index in [9.17, 15) is 0 Å². The highest BCUT2D eigenvalue weighted by Gasteiger charge is 2.18. The quantitative estimate of drug-likeness (QED) is 0.197. The van der Waals surface area contributed by atoms with Gasteiger partial charge in [0.2, 0.25) is 0 Å². The SMILES string of the molecule is c1ccc2cc(-c3c4ccccc4cc4cc(-c5c6ccccc6c(-c6ccncc6)c6ccccc56)ccc34)ccc2c1. The van der Waals surface area contributed by atoms with Gasteiger partial charge in [-0.1, -0.05) is 121 Å². The van der Waals surface area contributed by atoms with Crippen molar-refractivity contribution in [2.45, 2.75) is 0 Å². The Bertz CT molecular complexity index is 2490. The largest absolute Gasteiger partial charge is 0.265 e. The maximum atomic E-state index is 4.29. The molecule has 0 saturated heterocycles. The Hall–Kier alpha value is -5.79. The summed E-state index contributed by atoms with van der Waals surface area (Å²) in [6, 6.07) is 55.5. The number of hydrogen-bond donors (Lipinski definition) is 0. The minimum atomic E-state index is 1.18. The lowest BCUT2D eigenvalue weighted by Crippen LogP contribution is -1.91. The minimum Gasteiger partial charge on any atom is -0.265 e. The predicted molar refractivity (Wildman–Crippen MR) is 188 cm³/mol. The summed E-state index contributed by atoms with van der Waals surface area (Å²) >= 11 is 0. The zero-order valence-electron chi connectivity index (χ0n) is 24.0. The second-order valence-corrected chi connectivity index (χ2v) is 11.5. The van der Waals surface area contributed by atoms with E-state index in [0.717, 1.165) is 0 Å². The van der Waals surface area contributed by atoms with Crippen molar-refractivity contribution in [2.24, 2.45) is 0 Å². The van der Waals surface area contributed by atoms with Crippen LogP contribution in [0, 0.1) is 0 Å². The van der Waals surface area contributed by atoms with Crippen LogP contribution in [0.1, 0.15) is 0 Å². The summed E-state index contributed by atoms with van der Waals surface area (Å²) in [5.74, 6) is 0. The van der Waals surface area contributed by atoms with Crippen LogP contribution in [-0.2, 0) is 0 Å². The van der Waals surface area contributed by atoms with Gasteiger partial charge in [0, 0.05) is 12.4 Å². The van der Waals surface area contributed by atoms with Gasteiger partial charge in [0.25, 0.3) is 0 Å². The van der Waals surface area contributed by atoms with Gasteiger partial charge in [-0.2, -0.15) is 0 Å². The Balaban J connectivity index is 1.35. The summed E-state index contributed by atoms with van der Waals surface area (Å²) in [6.07, 6.45) is 3.77. The highest BCUT2D eigenvalue weighted by Crippen LogP contribution is 2.45. The maximum absolute atomic E-state index is 4.29. The van der Waals surface area contributed by atoms with Gasteiger partial charge < -0.3 is 0 Å². The second kappa shape index (κ2) is 9.90. The van der Waals surface area contributed by atoms with Crippen molar-refractivity contribution < 1.29 is 0 Å². The van der Waals surface area contributed by atoms with E-state index in [0.29, 0.717) is 0 Å². The van der Waals surface area contributed by atoms with Gasteiger partial charge in [-0.05, 0) is 118 Å². The van der Waals surface area contributed by atoms with Gasteiger partial charge in [-0.3, -0.25) is 4.98 Å². The van der Waals surface area contributed by atoms with Crippen LogP contribution in [0.15, 0.2) is 164 Å². The van der Waals surface area contributed by atoms with Crippen LogP contribution in [0.4, 0.5) is 0 Å². The first-order chi connectivity index (χ1) is 21.8. The fourth-order valence-electron chi connectivity index (χ4n) is 7.15. The summed E-state index contributed by atoms with van der Waals surface area (Å²) in [4.78, 5) is 4.29. The molecule has 0 unspecified atom stereocenters. The Kier molecular flexibility index (Phi) is 5.57. The molecule has 1 heteroatoms. The number of hydrogen-bond acceptors (Lipinski definition) is 1. The molecule has 0 radical (unpaired) electrons. The average Bonchev–Trinajstić information content (AvgIpc) is 3.09. The van der Waals surface area contributed by atoms with Crippen LogP contribution >= 0.6 is 0 Å². The van der Waals surface area contributed by atoms with E-state index in [1.165, 1.54) is 87.2 Å². The van der Waals surface area contributed by atoms with E-state index in [1.54, 1.807) is 0 Å². The third kappa shape index (κ3) is 3.83. The van der Waals surface area contributed by atoms with Crippen molar-refractivity contribution >= 4 is 53.9 Å². The number of pyridine rings is 1. The first-order valence-corrected chi connectivity index (χ1v) is 15.1. The molecule has 0 bridgehead atoms. The monoisotopic (exact) mass is 557 g/mol. The van der Waals surface area contributed by atoms with E-state index >= 15 is 0 Å². The number of nitrogens with zero attached hydrogens (tertiary/aromatic N) is 1. The molecule has 0 saturated carbocycles. The van der Waals surface area contributed by atoms with Crippen molar-refractivity contribution in [2.75, 3.05) is 0 Å². The van der Waals surface area contributed by atoms with E-state index in [1.807, 2.05) is 12.4 Å². The molecule has 8 aromatic carbocycles. The van der Waals surface area contributed by atoms with Gasteiger partial charge in [-0.15, -0.1) is 0 Å². The molecule has 0 atom stereocenters. The molecule has 204 valence electrons. The van der Waals surface area contributed by atoms with Crippen LogP contribution in [0.2, 0.25) is 0 Å². The number of benzene rings is 8. The molecule has 0 spiro atoms. The molecule has 1 heterocycles. The van der Waals surface area contributed by atoms with Gasteiger partial charge in [0.05, 0.1) is 0 Å². The molecule has 0 aliphatic heterocycles. The topological polar surface area (TPSA) is 12.9 Å². The second-order valence-electron chi connectivity index (χ2n) is 11.5. The summed E-state index contributed by atoms with van der Waals surface area (Å²) < 4.78 is 0. The number of rotatable bonds is 3. The third-order valence-electron chi connectivity index (χ3n) is 9.09. The maximum Gasteiger partial charge on any atom is 0.0273 e. The molecular weight excluding hydrogens is 530 g/mol. The molecule has 0 aliphatic rings. The lowest BCUT2D eigenvalue weighted by molar-refractivity contribution is 1.33. The summed E-state index contributed by atoms with van der Waals surface area (Å²) in [5.41, 5.74) is 7.48. The van der Waals surface area contributed by atoms with Crippen molar-refractivity contribution in [1.82, 2.24) is 4.98 Å². The van der Waals surface area contributed by atoms with E-state index in [4.69, 9.17) is 0 Å². The minimum absolute atomic E-state index is 1.18. The van der Waals surface area contributed by atoms with Gasteiger partial charge in [0.1, 0.15) is 0 Å². The fourth-order valence-corrected chi connectivity index (χ4v) is 7.15. The van der Waals surface area contributed by atoms with Crippen molar-refractivity contribution in [3.8, 4) is 33.4 Å². The normalized spacial score (nSPS) is 11.6. The van der Waals surface area contributed by atoms with Crippen LogP contribution in [0.5, 0.6) is 0 Å². The van der Waals surface area contributed by atoms with E-state index in [-0.39, 0.29) is 0 Å². The number of fused-ring (bicyclic) bond motifs is 5. The molecule has 0 aliphatic carbocycles. The average molecular weight is 558 g/mol. The Morgan fingerprint density at radius 3 is 1.39 bits per heavy atom. The zero-order chi connectivity index (χ0) is 29.0. The lowest BCUT2D eigenvalue weighted by Gasteiger charge is -2.18. The van der Waals surface area contributed by atoms with Gasteiger partial charge in [-0.25, -0.2) is 0 Å². The third-order valence-corrected chi connectivity index (χ3v) is 9.09. The molecule has 0 amide bonds. The summed E-state index contributed by atoms with van der Waals surface area (Å²) in [6.45, 7) is 0. The Morgan fingerprint density at radius 1 is 0.273 bits per heavy atom. The van der Waals surface area contributed by atoms with Crippen LogP contribution in [0.25, 0.3) is 87.2 Å². The molecule has 0 fully saturated rings. The van der Waals surface area contributed by atoms with Crippen LogP contribution in [0.3, 0.4) is 0 Å². The number of aromatic nitrogens is 1. The zero-order valence-corrected chi connectivity index (χ0v) is 24.0. The fraction of sp³-hybridized carbons (Fsp3) is 0. The van der Waals surface area contributed by atoms with Crippen molar-refractivity contribution in [3.05, 3.63) is 164 Å². The molecule has 1 nitrogen and oxygen atoms in total. The lowest BCUT2D eigenvalue weighted by atomic mass is 9.85. The van der Waals surface area contributed by atoms with Crippen molar-refractivity contribution in [1.29, 1.82) is 0 Å². The highest BCUT2D eigenvalue weighted by molar-refractivity contribution is 6.22. The van der Waals surface area contributed by atoms with E-state index < -0.39 is 0 Å². The molecule has 9 rings (SSSR count).